The molecule has 20 heavy (non-hydrogen) atoms. The fraction of sp³-hybridized carbons (Fsp3) is 0.538. The van der Waals surface area contributed by atoms with Crippen LogP contribution < -0.4 is 9.47 Å². The van der Waals surface area contributed by atoms with E-state index >= 15 is 0 Å². The molecule has 0 saturated carbocycles. The number of phenolic OH excluding ortho intramolecular Hbond substituents is 1. The standard InChI is InChI=1S/C13H16F3NO3/c1-2-3-17(7-13(14,15)16)6-9-4-11-12(5-10(9)18)20-8-19-11/h4-5,18H,2-3,6-8H2,1H3. The van der Waals surface area contributed by atoms with Crippen LogP contribution in [-0.2, 0) is 6.54 Å². The van der Waals surface area contributed by atoms with Crippen LogP contribution in [0.2, 0.25) is 0 Å². The lowest BCUT2D eigenvalue weighted by atomic mass is 10.1. The van der Waals surface area contributed by atoms with Gasteiger partial charge in [0.2, 0.25) is 6.79 Å². The van der Waals surface area contributed by atoms with Gasteiger partial charge in [0, 0.05) is 18.2 Å². The summed E-state index contributed by atoms with van der Waals surface area (Å²) >= 11 is 0. The Balaban J connectivity index is 2.14. The van der Waals surface area contributed by atoms with E-state index in [2.05, 4.69) is 0 Å². The molecule has 7 heteroatoms. The van der Waals surface area contributed by atoms with Gasteiger partial charge in [-0.2, -0.15) is 13.2 Å². The Kier molecular flexibility index (Phi) is 4.27. The molecule has 112 valence electrons. The summed E-state index contributed by atoms with van der Waals surface area (Å²) in [6, 6.07) is 2.89. The molecule has 0 aliphatic carbocycles. The quantitative estimate of drug-likeness (QED) is 0.905. The third-order valence-electron chi connectivity index (χ3n) is 2.91. The van der Waals surface area contributed by atoms with Gasteiger partial charge in [-0.3, -0.25) is 4.90 Å². The van der Waals surface area contributed by atoms with Gasteiger partial charge in [0.1, 0.15) is 5.75 Å². The highest BCUT2D eigenvalue weighted by molar-refractivity contribution is 5.51. The van der Waals surface area contributed by atoms with Crippen molar-refractivity contribution < 1.29 is 27.8 Å². The van der Waals surface area contributed by atoms with Gasteiger partial charge in [0.15, 0.2) is 11.5 Å². The van der Waals surface area contributed by atoms with Crippen molar-refractivity contribution in [2.45, 2.75) is 26.1 Å². The van der Waals surface area contributed by atoms with E-state index in [-0.39, 0.29) is 19.1 Å². The third kappa shape index (κ3) is 3.69. The van der Waals surface area contributed by atoms with Crippen molar-refractivity contribution in [1.82, 2.24) is 4.90 Å². The van der Waals surface area contributed by atoms with Crippen molar-refractivity contribution in [2.75, 3.05) is 19.9 Å². The minimum Gasteiger partial charge on any atom is -0.507 e. The number of hydrogen-bond acceptors (Lipinski definition) is 4. The minimum absolute atomic E-state index is 0.00975. The maximum absolute atomic E-state index is 12.5. The summed E-state index contributed by atoms with van der Waals surface area (Å²) in [6.45, 7) is 1.17. The van der Waals surface area contributed by atoms with E-state index < -0.39 is 12.7 Å². The van der Waals surface area contributed by atoms with Crippen LogP contribution in [0.1, 0.15) is 18.9 Å². The number of fused-ring (bicyclic) bond motifs is 1. The van der Waals surface area contributed by atoms with Gasteiger partial charge >= 0.3 is 6.18 Å². The Bertz CT molecular complexity index is 477. The van der Waals surface area contributed by atoms with Gasteiger partial charge in [-0.25, -0.2) is 0 Å². The first kappa shape index (κ1) is 14.8. The monoisotopic (exact) mass is 291 g/mol. The lowest BCUT2D eigenvalue weighted by Gasteiger charge is -2.23. The van der Waals surface area contributed by atoms with Crippen LogP contribution in [0.4, 0.5) is 13.2 Å². The Morgan fingerprint density at radius 3 is 2.50 bits per heavy atom. The maximum Gasteiger partial charge on any atom is 0.401 e. The molecule has 1 heterocycles. The number of ether oxygens (including phenoxy) is 2. The normalized spacial score (nSPS) is 14.1. The smallest absolute Gasteiger partial charge is 0.401 e. The highest BCUT2D eigenvalue weighted by Crippen LogP contribution is 2.38. The van der Waals surface area contributed by atoms with Crippen LogP contribution in [-0.4, -0.2) is 36.1 Å². The molecule has 1 aromatic carbocycles. The zero-order chi connectivity index (χ0) is 14.8. The molecule has 0 atom stereocenters. The van der Waals surface area contributed by atoms with Crippen LogP contribution in [0.5, 0.6) is 17.2 Å². The SMILES string of the molecule is CCCN(Cc1cc2c(cc1O)OCO2)CC(F)(F)F. The average Bonchev–Trinajstić information content (AvgIpc) is 2.74. The predicted octanol–water partition coefficient (Wildman–Crippen LogP) is 2.90. The zero-order valence-corrected chi connectivity index (χ0v) is 11.0. The number of nitrogens with zero attached hydrogens (tertiary/aromatic N) is 1. The third-order valence-corrected chi connectivity index (χ3v) is 2.91. The van der Waals surface area contributed by atoms with E-state index in [0.717, 1.165) is 0 Å². The summed E-state index contributed by atoms with van der Waals surface area (Å²) in [5.41, 5.74) is 0.395. The second-order valence-corrected chi connectivity index (χ2v) is 4.66. The van der Waals surface area contributed by atoms with Gasteiger partial charge < -0.3 is 14.6 Å². The highest BCUT2D eigenvalue weighted by atomic mass is 19.4. The number of aromatic hydroxyl groups is 1. The molecule has 1 aromatic rings. The maximum atomic E-state index is 12.5. The van der Waals surface area contributed by atoms with Crippen LogP contribution >= 0.6 is 0 Å². The summed E-state index contributed by atoms with van der Waals surface area (Å²) in [4.78, 5) is 1.25. The van der Waals surface area contributed by atoms with Crippen molar-refractivity contribution in [3.63, 3.8) is 0 Å². The van der Waals surface area contributed by atoms with E-state index in [0.29, 0.717) is 30.0 Å². The largest absolute Gasteiger partial charge is 0.507 e. The lowest BCUT2D eigenvalue weighted by molar-refractivity contribution is -0.147. The Morgan fingerprint density at radius 2 is 1.90 bits per heavy atom. The molecule has 0 bridgehead atoms. The average molecular weight is 291 g/mol. The molecule has 0 radical (unpaired) electrons. The van der Waals surface area contributed by atoms with Gasteiger partial charge in [0.05, 0.1) is 6.54 Å². The second-order valence-electron chi connectivity index (χ2n) is 4.66. The van der Waals surface area contributed by atoms with Crippen molar-refractivity contribution in [2.24, 2.45) is 0 Å². The lowest BCUT2D eigenvalue weighted by Crippen LogP contribution is -2.34. The molecule has 0 aromatic heterocycles. The number of halogens is 3. The van der Waals surface area contributed by atoms with Gasteiger partial charge in [0.25, 0.3) is 0 Å². The molecule has 1 aliphatic rings. The van der Waals surface area contributed by atoms with Crippen LogP contribution in [0.3, 0.4) is 0 Å². The molecule has 1 N–H and O–H groups in total. The summed E-state index contributed by atoms with van der Waals surface area (Å²) in [6.07, 6.45) is -3.66. The second kappa shape index (κ2) is 5.78. The molecule has 0 saturated heterocycles. The predicted molar refractivity (Wildman–Crippen MR) is 65.9 cm³/mol. The van der Waals surface area contributed by atoms with E-state index in [1.807, 2.05) is 6.92 Å². The molecule has 4 nitrogen and oxygen atoms in total. The van der Waals surface area contributed by atoms with E-state index in [1.165, 1.54) is 17.0 Å². The fourth-order valence-corrected chi connectivity index (χ4v) is 2.12. The van der Waals surface area contributed by atoms with Crippen LogP contribution in [0.25, 0.3) is 0 Å². The Labute approximate surface area is 114 Å². The first-order valence-electron chi connectivity index (χ1n) is 6.29. The molecule has 1 aliphatic heterocycles. The summed E-state index contributed by atoms with van der Waals surface area (Å²) in [7, 11) is 0. The number of alkyl halides is 3. The highest BCUT2D eigenvalue weighted by Gasteiger charge is 2.31. The van der Waals surface area contributed by atoms with Crippen molar-refractivity contribution >= 4 is 0 Å². The van der Waals surface area contributed by atoms with Crippen molar-refractivity contribution in [1.29, 1.82) is 0 Å². The summed E-state index contributed by atoms with van der Waals surface area (Å²) in [5.74, 6) is 0.767. The Morgan fingerprint density at radius 1 is 1.25 bits per heavy atom. The number of phenols is 1. The van der Waals surface area contributed by atoms with E-state index in [1.54, 1.807) is 0 Å². The molecular weight excluding hydrogens is 275 g/mol. The van der Waals surface area contributed by atoms with Crippen LogP contribution in [0.15, 0.2) is 12.1 Å². The number of benzene rings is 1. The fourth-order valence-electron chi connectivity index (χ4n) is 2.12. The minimum atomic E-state index is -4.26. The van der Waals surface area contributed by atoms with E-state index in [9.17, 15) is 18.3 Å². The Hall–Kier alpha value is -1.63. The summed E-state index contributed by atoms with van der Waals surface area (Å²) < 4.78 is 47.8. The van der Waals surface area contributed by atoms with Crippen molar-refractivity contribution in [3.8, 4) is 17.2 Å². The molecular formula is C13H16F3NO3. The van der Waals surface area contributed by atoms with Crippen molar-refractivity contribution in [3.05, 3.63) is 17.7 Å². The molecule has 0 spiro atoms. The molecule has 0 amide bonds. The topological polar surface area (TPSA) is 41.9 Å². The first-order valence-corrected chi connectivity index (χ1v) is 6.29. The summed E-state index contributed by atoms with van der Waals surface area (Å²) in [5, 5.41) is 9.85. The van der Waals surface area contributed by atoms with Gasteiger partial charge in [-0.15, -0.1) is 0 Å². The molecule has 0 unspecified atom stereocenters. The van der Waals surface area contributed by atoms with E-state index in [4.69, 9.17) is 9.47 Å². The first-order chi connectivity index (χ1) is 9.39. The van der Waals surface area contributed by atoms with Gasteiger partial charge in [-0.05, 0) is 19.0 Å². The van der Waals surface area contributed by atoms with Crippen LogP contribution in [0, 0.1) is 0 Å². The zero-order valence-electron chi connectivity index (χ0n) is 11.0. The molecule has 0 fully saturated rings. The number of rotatable bonds is 5. The molecule has 2 rings (SSSR count). The number of hydrogen-bond donors (Lipinski definition) is 1. The van der Waals surface area contributed by atoms with Gasteiger partial charge in [-0.1, -0.05) is 6.92 Å².